The van der Waals surface area contributed by atoms with E-state index in [0.717, 1.165) is 24.9 Å². The summed E-state index contributed by atoms with van der Waals surface area (Å²) < 4.78 is 62.3. The summed E-state index contributed by atoms with van der Waals surface area (Å²) in [7, 11) is 1.73. The average molecular weight is 851 g/mol. The molecule has 1 unspecified atom stereocenters. The van der Waals surface area contributed by atoms with Crippen LogP contribution in [-0.2, 0) is 16.1 Å². The van der Waals surface area contributed by atoms with Crippen molar-refractivity contribution in [1.29, 1.82) is 5.41 Å². The first-order chi connectivity index (χ1) is 30.0. The number of carbonyl (C=O) groups excluding carboxylic acids is 1. The van der Waals surface area contributed by atoms with E-state index in [1.54, 1.807) is 24.2 Å². The molecule has 62 heavy (non-hydrogen) atoms. The van der Waals surface area contributed by atoms with E-state index in [1.165, 1.54) is 33.8 Å². The number of anilines is 2. The van der Waals surface area contributed by atoms with E-state index >= 15 is 8.78 Å². The summed E-state index contributed by atoms with van der Waals surface area (Å²) in [4.78, 5) is 44.5. The molecule has 3 saturated heterocycles. The maximum absolute atomic E-state index is 15.5. The number of nitrogens with zero attached hydrogens (tertiary/aromatic N) is 13. The van der Waals surface area contributed by atoms with Crippen LogP contribution in [0.5, 0.6) is 6.01 Å². The van der Waals surface area contributed by atoms with Gasteiger partial charge in [-0.05, 0) is 44.5 Å². The molecule has 0 radical (unpaired) electrons. The second-order valence-corrected chi connectivity index (χ2v) is 16.2. The molecule has 2 aromatic carbocycles. The highest BCUT2D eigenvalue weighted by atomic mass is 19.1. The molecule has 1 amide bonds. The lowest BCUT2D eigenvalue weighted by Crippen LogP contribution is -2.64. The number of benzene rings is 2. The molecule has 10 rings (SSSR count). The molecule has 0 saturated carbocycles. The SMILES string of the molecule is CCO[C@H]1CN(C)C(=O)[C@@H]2C[C@@H](CN2c2nc(N3[C@@H]4CC([N+](C=N)=NN)C[C@H]3C4)nc3c2cnn3-c2ccc(F)cc2F)Oc2nccc(n2)-c2cc(F)cc3nc(C)n(c23)C1. The Labute approximate surface area is 352 Å². The lowest BCUT2D eigenvalue weighted by atomic mass is 9.77. The van der Waals surface area contributed by atoms with Crippen molar-refractivity contribution in [2.45, 2.75) is 82.5 Å². The minimum atomic E-state index is -0.835. The summed E-state index contributed by atoms with van der Waals surface area (Å²) >= 11 is 0. The molecule has 4 aliphatic heterocycles. The third-order valence-electron chi connectivity index (χ3n) is 12.5. The van der Waals surface area contributed by atoms with Crippen LogP contribution in [0.2, 0.25) is 0 Å². The number of hydrogen-bond donors (Lipinski definition) is 2. The molecule has 4 aliphatic rings. The zero-order valence-corrected chi connectivity index (χ0v) is 34.1. The molecular formula is C41H43F3N15O3+. The van der Waals surface area contributed by atoms with Gasteiger partial charge in [0.1, 0.15) is 47.2 Å². The van der Waals surface area contributed by atoms with Crippen LogP contribution in [0.25, 0.3) is 39.0 Å². The van der Waals surface area contributed by atoms with Gasteiger partial charge >= 0.3 is 6.01 Å². The molecule has 320 valence electrons. The van der Waals surface area contributed by atoms with Crippen LogP contribution in [0, 0.1) is 29.8 Å². The Morgan fingerprint density at radius 1 is 1.02 bits per heavy atom. The first kappa shape index (κ1) is 39.4. The Bertz CT molecular complexity index is 2780. The molecule has 4 aromatic heterocycles. The summed E-state index contributed by atoms with van der Waals surface area (Å²) in [5.41, 5.74) is 2.29. The highest BCUT2D eigenvalue weighted by molar-refractivity contribution is 5.94. The highest BCUT2D eigenvalue weighted by Crippen LogP contribution is 2.44. The van der Waals surface area contributed by atoms with Crippen molar-refractivity contribution in [2.24, 2.45) is 11.1 Å². The first-order valence-electron chi connectivity index (χ1n) is 20.5. The van der Waals surface area contributed by atoms with E-state index < -0.39 is 35.7 Å². The lowest BCUT2D eigenvalue weighted by Gasteiger charge is -2.54. The summed E-state index contributed by atoms with van der Waals surface area (Å²) in [6.07, 6.45) is 5.37. The molecule has 6 atom stereocenters. The minimum Gasteiger partial charge on any atom is -0.458 e. The number of likely N-dealkylation sites (N-methyl/N-ethyl adjacent to an activating group) is 1. The predicted molar refractivity (Wildman–Crippen MR) is 219 cm³/mol. The quantitative estimate of drug-likeness (QED) is 0.0578. The lowest BCUT2D eigenvalue weighted by molar-refractivity contribution is -0.526. The highest BCUT2D eigenvalue weighted by Gasteiger charge is 2.50. The fourth-order valence-corrected chi connectivity index (χ4v) is 9.74. The Morgan fingerprint density at radius 3 is 2.60 bits per heavy atom. The van der Waals surface area contributed by atoms with Gasteiger partial charge in [-0.15, -0.1) is 4.70 Å². The topological polar surface area (TPSA) is 198 Å². The van der Waals surface area contributed by atoms with Crippen LogP contribution in [-0.4, -0.2) is 124 Å². The Balaban J connectivity index is 1.09. The third kappa shape index (κ3) is 6.61. The molecule has 3 fully saturated rings. The van der Waals surface area contributed by atoms with Crippen molar-refractivity contribution in [3.8, 4) is 23.0 Å². The molecule has 0 spiro atoms. The van der Waals surface area contributed by atoms with Gasteiger partial charge in [0.25, 0.3) is 0 Å². The second-order valence-electron chi connectivity index (χ2n) is 16.2. The van der Waals surface area contributed by atoms with Crippen molar-refractivity contribution >= 4 is 46.1 Å². The molecule has 8 heterocycles. The number of imidazole rings is 1. The zero-order chi connectivity index (χ0) is 43.0. The zero-order valence-electron chi connectivity index (χ0n) is 34.1. The van der Waals surface area contributed by atoms with Gasteiger partial charge < -0.3 is 28.7 Å². The fourth-order valence-electron chi connectivity index (χ4n) is 9.74. The number of piperidine rings is 1. The van der Waals surface area contributed by atoms with Gasteiger partial charge in [-0.1, -0.05) is 0 Å². The van der Waals surface area contributed by atoms with Gasteiger partial charge in [-0.3, -0.25) is 4.79 Å². The van der Waals surface area contributed by atoms with E-state index in [2.05, 4.69) is 25.2 Å². The van der Waals surface area contributed by atoms with Crippen molar-refractivity contribution in [3.05, 3.63) is 72.1 Å². The number of aryl methyl sites for hydroxylation is 1. The van der Waals surface area contributed by atoms with Crippen LogP contribution in [0.1, 0.15) is 38.4 Å². The van der Waals surface area contributed by atoms with Gasteiger partial charge in [0.05, 0.1) is 47.5 Å². The molecule has 3 N–H and O–H groups in total. The summed E-state index contributed by atoms with van der Waals surface area (Å²) in [6.45, 7) is 4.78. The summed E-state index contributed by atoms with van der Waals surface area (Å²) in [6, 6.07) is 6.80. The van der Waals surface area contributed by atoms with E-state index in [-0.39, 0.29) is 60.9 Å². The number of carbonyl (C=O) groups is 1. The number of hydrogen-bond acceptors (Lipinski definition) is 13. The number of aromatic nitrogens is 8. The maximum atomic E-state index is 15.5. The van der Waals surface area contributed by atoms with E-state index in [9.17, 15) is 9.18 Å². The van der Waals surface area contributed by atoms with Gasteiger partial charge in [-0.2, -0.15) is 25.5 Å². The smallest absolute Gasteiger partial charge is 0.317 e. The van der Waals surface area contributed by atoms with Crippen molar-refractivity contribution in [2.75, 3.05) is 36.5 Å². The van der Waals surface area contributed by atoms with Crippen LogP contribution in [0.4, 0.5) is 24.9 Å². The molecule has 18 nitrogen and oxygen atoms in total. The average Bonchev–Trinajstić information content (AvgIpc) is 3.95. The second kappa shape index (κ2) is 15.3. The molecule has 21 heteroatoms. The van der Waals surface area contributed by atoms with Crippen molar-refractivity contribution in [3.63, 3.8) is 0 Å². The maximum Gasteiger partial charge on any atom is 0.317 e. The van der Waals surface area contributed by atoms with Crippen molar-refractivity contribution in [1.82, 2.24) is 44.2 Å². The van der Waals surface area contributed by atoms with E-state index in [4.69, 9.17) is 35.7 Å². The van der Waals surface area contributed by atoms with Crippen LogP contribution in [0.15, 0.2) is 54.0 Å². The summed E-state index contributed by atoms with van der Waals surface area (Å²) in [5.74, 6) is 4.67. The number of rotatable bonds is 7. The number of ether oxygens (including phenoxy) is 2. The Kier molecular flexibility index (Phi) is 9.71. The molecule has 6 bridgehead atoms. The minimum absolute atomic E-state index is 0.0191. The number of nitrogens with two attached hydrogens (primary N) is 1. The van der Waals surface area contributed by atoms with E-state index in [1.807, 2.05) is 23.3 Å². The van der Waals surface area contributed by atoms with Crippen LogP contribution in [0.3, 0.4) is 0 Å². The monoisotopic (exact) mass is 850 g/mol. The number of nitrogens with one attached hydrogen (secondary N) is 1. The van der Waals surface area contributed by atoms with Gasteiger partial charge in [0.15, 0.2) is 11.5 Å². The third-order valence-corrected chi connectivity index (χ3v) is 12.5. The number of halogens is 3. The predicted octanol–water partition coefficient (Wildman–Crippen LogP) is 4.31. The fraction of sp³-hybridized carbons (Fsp3) is 0.415. The molecular weight excluding hydrogens is 808 g/mol. The number of fused-ring (bicyclic) bond motifs is 8. The van der Waals surface area contributed by atoms with Crippen molar-refractivity contribution < 1.29 is 32.1 Å². The normalized spacial score (nSPS) is 23.9. The summed E-state index contributed by atoms with van der Waals surface area (Å²) in [5, 5.41) is 16.5. The molecule has 0 aliphatic carbocycles. The Morgan fingerprint density at radius 2 is 1.84 bits per heavy atom. The Hall–Kier alpha value is -6.77. The molecule has 6 aromatic rings. The standard InChI is InChI=1S/C41H42F3N15O3/c1-4-61-28-17-54(3)39(60)35-15-27(62-41-47-8-7-32(50-41)29-9-23(43)11-33-36(29)55(19-28)21(2)49-33)18-56(35)37-30-16-48-59(34-6-5-22(42)10-31(34)44)38(30)52-40(51-37)58-25-12-24(13-26(58)14-25)57(20-45)53-46/h5-11,16,20,24-28,35,45-46H,4,12-15,17-19H2,1-3H3/p+1/t24?,25-,26+,27-,28-,35-/m0/s1. The first-order valence-corrected chi connectivity index (χ1v) is 20.5. The van der Waals surface area contributed by atoms with Crippen LogP contribution < -0.4 is 20.4 Å². The van der Waals surface area contributed by atoms with Gasteiger partial charge in [-0.25, -0.2) is 33.7 Å². The number of amides is 1. The van der Waals surface area contributed by atoms with Gasteiger partial charge in [0.2, 0.25) is 18.2 Å². The van der Waals surface area contributed by atoms with Crippen LogP contribution >= 0.6 is 0 Å². The van der Waals surface area contributed by atoms with Gasteiger partial charge in [0, 0.05) is 80.7 Å². The van der Waals surface area contributed by atoms with E-state index in [0.29, 0.717) is 71.3 Å². The largest absolute Gasteiger partial charge is 0.458 e.